The highest BCUT2D eigenvalue weighted by Gasteiger charge is 2.36. The number of hydrogen-bond acceptors (Lipinski definition) is 3. The van der Waals surface area contributed by atoms with E-state index in [1.165, 1.54) is 33.4 Å². The normalized spacial score (nSPS) is 13.0. The molecule has 1 aliphatic rings. The molecule has 9 aromatic carbocycles. The number of anilines is 3. The number of nitrogens with zero attached hydrogens (tertiary/aromatic N) is 1. The van der Waals surface area contributed by atoms with Crippen molar-refractivity contribution in [2.45, 2.75) is 19.3 Å². The number of fused-ring (bicyclic) bond motifs is 9. The van der Waals surface area contributed by atoms with Crippen molar-refractivity contribution in [3.63, 3.8) is 0 Å². The van der Waals surface area contributed by atoms with Gasteiger partial charge in [0.2, 0.25) is 0 Å². The fraction of sp³-hybridized carbons (Fsp3) is 0.0526. The van der Waals surface area contributed by atoms with Gasteiger partial charge in [-0.25, -0.2) is 0 Å². The molecule has 12 rings (SSSR count). The molecule has 284 valence electrons. The fourth-order valence-corrected chi connectivity index (χ4v) is 9.83. The van der Waals surface area contributed by atoms with Gasteiger partial charge in [0.15, 0.2) is 0 Å². The van der Waals surface area contributed by atoms with Crippen LogP contribution >= 0.6 is 0 Å². The van der Waals surface area contributed by atoms with Crippen LogP contribution in [-0.2, 0) is 5.41 Å². The number of hydrogen-bond donors (Lipinski definition) is 0. The Kier molecular flexibility index (Phi) is 7.58. The van der Waals surface area contributed by atoms with Crippen LogP contribution in [0.3, 0.4) is 0 Å². The molecule has 0 atom stereocenters. The molecule has 0 unspecified atom stereocenters. The number of furan rings is 2. The smallest absolute Gasteiger partial charge is 0.144 e. The van der Waals surface area contributed by atoms with Crippen LogP contribution < -0.4 is 4.90 Å². The van der Waals surface area contributed by atoms with Crippen LogP contribution in [0.2, 0.25) is 0 Å². The van der Waals surface area contributed by atoms with Gasteiger partial charge < -0.3 is 13.7 Å². The second-order valence-corrected chi connectivity index (χ2v) is 16.4. The molecule has 0 saturated carbocycles. The quantitative estimate of drug-likeness (QED) is 0.169. The van der Waals surface area contributed by atoms with Gasteiger partial charge in [-0.3, -0.25) is 0 Å². The van der Waals surface area contributed by atoms with E-state index in [0.29, 0.717) is 0 Å². The molecule has 3 nitrogen and oxygen atoms in total. The molecule has 2 heterocycles. The standard InChI is InChI=1S/C57H39NO2/c1-57(2)48-27-11-9-24-44(48)45-31-30-42(34-49(45)57)58(40-22-13-20-38(32-40)36-16-5-3-6-17-36)41-23-14-21-39(33-41)43-26-15-29-51-54(43)47-35-52-55(46-25-10-12-28-50(46)59-52)53(56(47)60-51)37-18-7-4-8-19-37/h3-35H,1-2H3. The first-order chi connectivity index (χ1) is 29.5. The average molecular weight is 770 g/mol. The van der Waals surface area contributed by atoms with Crippen molar-refractivity contribution in [1.82, 2.24) is 0 Å². The summed E-state index contributed by atoms with van der Waals surface area (Å²) in [7, 11) is 0. The van der Waals surface area contributed by atoms with Gasteiger partial charge in [0.25, 0.3) is 0 Å². The highest BCUT2D eigenvalue weighted by Crippen LogP contribution is 2.52. The lowest BCUT2D eigenvalue weighted by molar-refractivity contribution is 0.660. The second kappa shape index (κ2) is 13.2. The van der Waals surface area contributed by atoms with Gasteiger partial charge in [0.05, 0.1) is 0 Å². The van der Waals surface area contributed by atoms with Gasteiger partial charge >= 0.3 is 0 Å². The van der Waals surface area contributed by atoms with Gasteiger partial charge in [-0.05, 0) is 105 Å². The molecule has 0 fully saturated rings. The van der Waals surface area contributed by atoms with Gasteiger partial charge in [-0.15, -0.1) is 0 Å². The molecular weight excluding hydrogens is 731 g/mol. The molecule has 0 amide bonds. The summed E-state index contributed by atoms with van der Waals surface area (Å²) >= 11 is 0. The zero-order valence-corrected chi connectivity index (χ0v) is 33.3. The highest BCUT2D eigenvalue weighted by atomic mass is 16.3. The monoisotopic (exact) mass is 769 g/mol. The van der Waals surface area contributed by atoms with Crippen molar-refractivity contribution >= 4 is 60.9 Å². The first kappa shape index (κ1) is 34.4. The van der Waals surface area contributed by atoms with E-state index in [2.05, 4.69) is 207 Å². The van der Waals surface area contributed by atoms with Crippen LogP contribution in [0.4, 0.5) is 17.1 Å². The Hall–Kier alpha value is -7.62. The van der Waals surface area contributed by atoms with E-state index < -0.39 is 0 Å². The molecular formula is C57H39NO2. The first-order valence-corrected chi connectivity index (χ1v) is 20.7. The Balaban J connectivity index is 1.07. The minimum absolute atomic E-state index is 0.136. The van der Waals surface area contributed by atoms with Crippen LogP contribution in [0, 0.1) is 0 Å². The second-order valence-electron chi connectivity index (χ2n) is 16.4. The van der Waals surface area contributed by atoms with Crippen LogP contribution in [0.25, 0.3) is 88.4 Å². The topological polar surface area (TPSA) is 29.5 Å². The Morgan fingerprint density at radius 1 is 0.367 bits per heavy atom. The van der Waals surface area contributed by atoms with Crippen molar-refractivity contribution in [3.8, 4) is 44.5 Å². The minimum atomic E-state index is -0.136. The maximum Gasteiger partial charge on any atom is 0.144 e. The van der Waals surface area contributed by atoms with Crippen LogP contribution in [0.1, 0.15) is 25.0 Å². The van der Waals surface area contributed by atoms with E-state index in [1.54, 1.807) is 0 Å². The van der Waals surface area contributed by atoms with E-state index in [4.69, 9.17) is 8.83 Å². The van der Waals surface area contributed by atoms with Crippen LogP contribution in [-0.4, -0.2) is 0 Å². The summed E-state index contributed by atoms with van der Waals surface area (Å²) in [6.45, 7) is 4.70. The van der Waals surface area contributed by atoms with Gasteiger partial charge in [0, 0.05) is 49.6 Å². The van der Waals surface area contributed by atoms with E-state index in [-0.39, 0.29) is 5.41 Å². The maximum absolute atomic E-state index is 6.93. The summed E-state index contributed by atoms with van der Waals surface area (Å²) in [5.41, 5.74) is 18.6. The number of benzene rings is 9. The molecule has 0 spiro atoms. The van der Waals surface area contributed by atoms with Gasteiger partial charge in [-0.2, -0.15) is 0 Å². The third kappa shape index (κ3) is 5.22. The Bertz CT molecular complexity index is 3460. The number of para-hydroxylation sites is 1. The molecule has 0 aliphatic heterocycles. The molecule has 11 aromatic rings. The zero-order valence-electron chi connectivity index (χ0n) is 33.3. The molecule has 0 N–H and O–H groups in total. The Morgan fingerprint density at radius 2 is 0.967 bits per heavy atom. The van der Waals surface area contributed by atoms with E-state index in [1.807, 2.05) is 12.1 Å². The lowest BCUT2D eigenvalue weighted by atomic mass is 9.82. The summed E-state index contributed by atoms with van der Waals surface area (Å²) in [6.07, 6.45) is 0. The summed E-state index contributed by atoms with van der Waals surface area (Å²) < 4.78 is 13.5. The van der Waals surface area contributed by atoms with Crippen molar-refractivity contribution in [2.75, 3.05) is 4.90 Å². The largest absolute Gasteiger partial charge is 0.456 e. The SMILES string of the molecule is CC1(C)c2ccccc2-c2ccc(N(c3cccc(-c4ccccc4)c3)c3cccc(-c4cccc5oc6c(-c7ccccc7)c7c(cc6c45)oc4ccccc47)c3)cc21. The Morgan fingerprint density at radius 3 is 1.78 bits per heavy atom. The predicted molar refractivity (Wildman–Crippen MR) is 250 cm³/mol. The highest BCUT2D eigenvalue weighted by molar-refractivity contribution is 6.25. The first-order valence-electron chi connectivity index (χ1n) is 20.7. The minimum Gasteiger partial charge on any atom is -0.456 e. The van der Waals surface area contributed by atoms with Crippen LogP contribution in [0.5, 0.6) is 0 Å². The third-order valence-electron chi connectivity index (χ3n) is 12.6. The molecule has 1 aliphatic carbocycles. The molecule has 0 radical (unpaired) electrons. The molecule has 0 bridgehead atoms. The van der Waals surface area contributed by atoms with E-state index in [9.17, 15) is 0 Å². The number of rotatable bonds is 6. The van der Waals surface area contributed by atoms with Crippen molar-refractivity contribution < 1.29 is 8.83 Å². The van der Waals surface area contributed by atoms with Crippen molar-refractivity contribution in [2.24, 2.45) is 0 Å². The summed E-state index contributed by atoms with van der Waals surface area (Å²) in [5, 5.41) is 4.25. The van der Waals surface area contributed by atoms with Crippen molar-refractivity contribution in [3.05, 3.63) is 211 Å². The van der Waals surface area contributed by atoms with Gasteiger partial charge in [0.1, 0.15) is 22.3 Å². The lowest BCUT2D eigenvalue weighted by Crippen LogP contribution is -2.16. The predicted octanol–water partition coefficient (Wildman–Crippen LogP) is 16.3. The molecule has 0 saturated heterocycles. The molecule has 60 heavy (non-hydrogen) atoms. The van der Waals surface area contributed by atoms with Gasteiger partial charge in [-0.1, -0.05) is 159 Å². The van der Waals surface area contributed by atoms with Crippen molar-refractivity contribution in [1.29, 1.82) is 0 Å². The Labute approximate surface area is 348 Å². The molecule has 3 heteroatoms. The summed E-state index contributed by atoms with van der Waals surface area (Å²) in [6, 6.07) is 71.8. The zero-order chi connectivity index (χ0) is 40.0. The maximum atomic E-state index is 6.93. The third-order valence-corrected chi connectivity index (χ3v) is 12.6. The fourth-order valence-electron chi connectivity index (χ4n) is 9.83. The van der Waals surface area contributed by atoms with E-state index in [0.717, 1.165) is 83.2 Å². The average Bonchev–Trinajstić information content (AvgIpc) is 3.94. The molecule has 2 aromatic heterocycles. The lowest BCUT2D eigenvalue weighted by Gasteiger charge is -2.29. The summed E-state index contributed by atoms with van der Waals surface area (Å²) in [4.78, 5) is 2.41. The van der Waals surface area contributed by atoms with E-state index >= 15 is 0 Å². The van der Waals surface area contributed by atoms with Crippen LogP contribution in [0.15, 0.2) is 209 Å². The summed E-state index contributed by atoms with van der Waals surface area (Å²) in [5.74, 6) is 0.